The van der Waals surface area contributed by atoms with Gasteiger partial charge in [0.2, 0.25) is 0 Å². The standard InChI is InChI=1S/C14H18N4/c1-3-13-12(9-15-2)10-17-14(18-13)7-11-5-4-6-16-8-11/h4-6,8,10,15H,3,7,9H2,1-2H3. The Balaban J connectivity index is 2.19. The molecule has 0 atom stereocenters. The predicted octanol–water partition coefficient (Wildman–Crippen LogP) is 1.74. The lowest BCUT2D eigenvalue weighted by Crippen LogP contribution is -2.11. The summed E-state index contributed by atoms with van der Waals surface area (Å²) < 4.78 is 0. The summed E-state index contributed by atoms with van der Waals surface area (Å²) in [6, 6.07) is 3.98. The average molecular weight is 242 g/mol. The van der Waals surface area contributed by atoms with Crippen LogP contribution in [0.15, 0.2) is 30.7 Å². The highest BCUT2D eigenvalue weighted by molar-refractivity contribution is 5.20. The first kappa shape index (κ1) is 12.6. The fraction of sp³-hybridized carbons (Fsp3) is 0.357. The molecule has 2 aromatic rings. The van der Waals surface area contributed by atoms with Crippen LogP contribution in [0.1, 0.15) is 29.6 Å². The van der Waals surface area contributed by atoms with Crippen LogP contribution in [0.5, 0.6) is 0 Å². The SMILES string of the molecule is CCc1nc(Cc2cccnc2)ncc1CNC. The second kappa shape index (κ2) is 6.21. The van der Waals surface area contributed by atoms with Gasteiger partial charge in [-0.25, -0.2) is 9.97 Å². The van der Waals surface area contributed by atoms with E-state index in [1.54, 1.807) is 6.20 Å². The van der Waals surface area contributed by atoms with Gasteiger partial charge in [-0.1, -0.05) is 13.0 Å². The zero-order valence-corrected chi connectivity index (χ0v) is 10.8. The molecule has 4 nitrogen and oxygen atoms in total. The first-order chi connectivity index (χ1) is 8.83. The minimum atomic E-state index is 0.737. The van der Waals surface area contributed by atoms with Crippen LogP contribution in [0.2, 0.25) is 0 Å². The van der Waals surface area contributed by atoms with Crippen LogP contribution in [-0.2, 0) is 19.4 Å². The van der Waals surface area contributed by atoms with Gasteiger partial charge in [0.25, 0.3) is 0 Å². The van der Waals surface area contributed by atoms with Gasteiger partial charge in [0, 0.05) is 42.8 Å². The van der Waals surface area contributed by atoms with E-state index in [9.17, 15) is 0 Å². The highest BCUT2D eigenvalue weighted by Gasteiger charge is 2.05. The molecule has 0 fully saturated rings. The zero-order valence-electron chi connectivity index (χ0n) is 10.8. The minimum Gasteiger partial charge on any atom is -0.316 e. The van der Waals surface area contributed by atoms with Gasteiger partial charge in [-0.05, 0) is 25.1 Å². The van der Waals surface area contributed by atoms with E-state index in [1.807, 2.05) is 31.6 Å². The van der Waals surface area contributed by atoms with Crippen molar-refractivity contribution in [3.05, 3.63) is 53.4 Å². The number of nitrogens with one attached hydrogen (secondary N) is 1. The lowest BCUT2D eigenvalue weighted by Gasteiger charge is -2.08. The molecule has 0 aliphatic carbocycles. The van der Waals surface area contributed by atoms with Gasteiger partial charge in [0.1, 0.15) is 5.82 Å². The molecule has 0 amide bonds. The van der Waals surface area contributed by atoms with Crippen molar-refractivity contribution < 1.29 is 0 Å². The molecule has 0 aliphatic rings. The largest absolute Gasteiger partial charge is 0.316 e. The smallest absolute Gasteiger partial charge is 0.132 e. The lowest BCUT2D eigenvalue weighted by molar-refractivity contribution is 0.773. The van der Waals surface area contributed by atoms with E-state index in [-0.39, 0.29) is 0 Å². The maximum Gasteiger partial charge on any atom is 0.132 e. The number of pyridine rings is 1. The van der Waals surface area contributed by atoms with Crippen molar-refractivity contribution in [2.24, 2.45) is 0 Å². The Hall–Kier alpha value is -1.81. The van der Waals surface area contributed by atoms with E-state index < -0.39 is 0 Å². The van der Waals surface area contributed by atoms with E-state index in [0.29, 0.717) is 0 Å². The Kier molecular flexibility index (Phi) is 4.36. The molecular weight excluding hydrogens is 224 g/mol. The molecule has 0 unspecified atom stereocenters. The van der Waals surface area contributed by atoms with Crippen LogP contribution in [0, 0.1) is 0 Å². The first-order valence-electron chi connectivity index (χ1n) is 6.20. The van der Waals surface area contributed by atoms with Crippen molar-refractivity contribution in [1.29, 1.82) is 0 Å². The van der Waals surface area contributed by atoms with Crippen LogP contribution in [0.4, 0.5) is 0 Å². The summed E-state index contributed by atoms with van der Waals surface area (Å²) >= 11 is 0. The third kappa shape index (κ3) is 3.11. The van der Waals surface area contributed by atoms with Crippen LogP contribution in [-0.4, -0.2) is 22.0 Å². The summed E-state index contributed by atoms with van der Waals surface area (Å²) in [6.45, 7) is 2.94. The van der Waals surface area contributed by atoms with Gasteiger partial charge in [-0.3, -0.25) is 4.98 Å². The highest BCUT2D eigenvalue weighted by Crippen LogP contribution is 2.09. The topological polar surface area (TPSA) is 50.7 Å². The molecule has 0 saturated carbocycles. The molecule has 18 heavy (non-hydrogen) atoms. The summed E-state index contributed by atoms with van der Waals surface area (Å²) in [4.78, 5) is 13.2. The second-order valence-corrected chi connectivity index (χ2v) is 4.18. The first-order valence-corrected chi connectivity index (χ1v) is 6.20. The van der Waals surface area contributed by atoms with Crippen LogP contribution >= 0.6 is 0 Å². The summed E-state index contributed by atoms with van der Waals surface area (Å²) in [5, 5.41) is 3.14. The van der Waals surface area contributed by atoms with E-state index in [4.69, 9.17) is 0 Å². The summed E-state index contributed by atoms with van der Waals surface area (Å²) in [7, 11) is 1.93. The van der Waals surface area contributed by atoms with Crippen molar-refractivity contribution in [2.45, 2.75) is 26.3 Å². The van der Waals surface area contributed by atoms with E-state index in [2.05, 4.69) is 27.2 Å². The molecule has 0 aromatic carbocycles. The van der Waals surface area contributed by atoms with Crippen molar-refractivity contribution in [1.82, 2.24) is 20.3 Å². The molecule has 0 bridgehead atoms. The summed E-state index contributed by atoms with van der Waals surface area (Å²) in [5.41, 5.74) is 3.44. The van der Waals surface area contributed by atoms with Crippen LogP contribution in [0.3, 0.4) is 0 Å². The Morgan fingerprint density at radius 1 is 1.28 bits per heavy atom. The molecule has 2 heterocycles. The van der Waals surface area contributed by atoms with Crippen molar-refractivity contribution in [3.8, 4) is 0 Å². The maximum atomic E-state index is 4.63. The van der Waals surface area contributed by atoms with Gasteiger partial charge in [0.05, 0.1) is 0 Å². The fourth-order valence-corrected chi connectivity index (χ4v) is 1.90. The van der Waals surface area contributed by atoms with E-state index in [0.717, 1.165) is 36.5 Å². The molecule has 1 N–H and O–H groups in total. The molecule has 2 aromatic heterocycles. The van der Waals surface area contributed by atoms with Gasteiger partial charge >= 0.3 is 0 Å². The minimum absolute atomic E-state index is 0.737. The highest BCUT2D eigenvalue weighted by atomic mass is 14.9. The number of hydrogen-bond acceptors (Lipinski definition) is 4. The molecule has 94 valence electrons. The molecule has 4 heteroatoms. The monoisotopic (exact) mass is 242 g/mol. The zero-order chi connectivity index (χ0) is 12.8. The second-order valence-electron chi connectivity index (χ2n) is 4.18. The Morgan fingerprint density at radius 2 is 2.17 bits per heavy atom. The number of rotatable bonds is 5. The molecule has 2 rings (SSSR count). The van der Waals surface area contributed by atoms with Crippen molar-refractivity contribution in [2.75, 3.05) is 7.05 Å². The lowest BCUT2D eigenvalue weighted by atomic mass is 10.1. The predicted molar refractivity (Wildman–Crippen MR) is 71.2 cm³/mol. The third-order valence-corrected chi connectivity index (χ3v) is 2.79. The van der Waals surface area contributed by atoms with Crippen molar-refractivity contribution in [3.63, 3.8) is 0 Å². The van der Waals surface area contributed by atoms with E-state index in [1.165, 1.54) is 5.56 Å². The van der Waals surface area contributed by atoms with Gasteiger partial charge < -0.3 is 5.32 Å². The molecule has 0 spiro atoms. The Labute approximate surface area is 108 Å². The maximum absolute atomic E-state index is 4.63. The number of aryl methyl sites for hydroxylation is 1. The molecular formula is C14H18N4. The van der Waals surface area contributed by atoms with E-state index >= 15 is 0 Å². The third-order valence-electron chi connectivity index (χ3n) is 2.79. The average Bonchev–Trinajstić information content (AvgIpc) is 2.42. The molecule has 0 aliphatic heterocycles. The molecule has 0 saturated heterocycles. The Morgan fingerprint density at radius 3 is 2.83 bits per heavy atom. The van der Waals surface area contributed by atoms with Gasteiger partial charge in [0.15, 0.2) is 0 Å². The number of nitrogens with zero attached hydrogens (tertiary/aromatic N) is 3. The summed E-state index contributed by atoms with van der Waals surface area (Å²) in [6.07, 6.45) is 7.22. The summed E-state index contributed by atoms with van der Waals surface area (Å²) in [5.74, 6) is 0.861. The van der Waals surface area contributed by atoms with Crippen LogP contribution < -0.4 is 5.32 Å². The fourth-order valence-electron chi connectivity index (χ4n) is 1.90. The van der Waals surface area contributed by atoms with Crippen molar-refractivity contribution >= 4 is 0 Å². The Bertz CT molecular complexity index is 496. The van der Waals surface area contributed by atoms with Gasteiger partial charge in [-0.2, -0.15) is 0 Å². The van der Waals surface area contributed by atoms with Crippen LogP contribution in [0.25, 0.3) is 0 Å². The van der Waals surface area contributed by atoms with Gasteiger partial charge in [-0.15, -0.1) is 0 Å². The number of hydrogen-bond donors (Lipinski definition) is 1. The number of aromatic nitrogens is 3. The normalized spacial score (nSPS) is 10.6. The quantitative estimate of drug-likeness (QED) is 0.867. The molecule has 0 radical (unpaired) electrons.